The molecular formula is C16H14N2O3. The Hall–Kier alpha value is -3.00. The molecule has 0 saturated carbocycles. The topological polar surface area (TPSA) is 85.3 Å². The summed E-state index contributed by atoms with van der Waals surface area (Å²) in [5.41, 5.74) is 8.09. The Morgan fingerprint density at radius 2 is 1.95 bits per heavy atom. The van der Waals surface area contributed by atoms with Crippen LogP contribution in [0.15, 0.2) is 42.5 Å². The number of anilines is 1. The normalized spacial score (nSPS) is 9.71. The van der Waals surface area contributed by atoms with E-state index in [0.717, 1.165) is 5.56 Å². The van der Waals surface area contributed by atoms with E-state index < -0.39 is 0 Å². The highest BCUT2D eigenvalue weighted by atomic mass is 16.5. The van der Waals surface area contributed by atoms with Gasteiger partial charge in [-0.05, 0) is 35.9 Å². The number of esters is 1. The maximum absolute atomic E-state index is 11.3. The second kappa shape index (κ2) is 6.44. The van der Waals surface area contributed by atoms with E-state index in [0.29, 0.717) is 29.2 Å². The standard InChI is InChI=1S/C16H14N2O3/c1-20-16(19)13-5-2-11(3-6-13)10-21-15-7-4-12(9-17)8-14(15)18/h2-8H,10,18H2,1H3. The van der Waals surface area contributed by atoms with Crippen LogP contribution in [0.25, 0.3) is 0 Å². The van der Waals surface area contributed by atoms with Gasteiger partial charge in [0.2, 0.25) is 0 Å². The summed E-state index contributed by atoms with van der Waals surface area (Å²) in [4.78, 5) is 11.3. The smallest absolute Gasteiger partial charge is 0.337 e. The zero-order valence-electron chi connectivity index (χ0n) is 11.5. The minimum Gasteiger partial charge on any atom is -0.487 e. The Bertz CT molecular complexity index is 688. The number of nitrogens with zero attached hydrogens (tertiary/aromatic N) is 1. The Labute approximate surface area is 122 Å². The van der Waals surface area contributed by atoms with Crippen LogP contribution in [0.1, 0.15) is 21.5 Å². The van der Waals surface area contributed by atoms with Crippen molar-refractivity contribution < 1.29 is 14.3 Å². The second-order valence-corrected chi connectivity index (χ2v) is 4.34. The van der Waals surface area contributed by atoms with Crippen LogP contribution in [-0.2, 0) is 11.3 Å². The lowest BCUT2D eigenvalue weighted by Gasteiger charge is -2.09. The molecule has 0 aromatic heterocycles. The zero-order chi connectivity index (χ0) is 15.2. The van der Waals surface area contributed by atoms with Crippen LogP contribution in [0, 0.1) is 11.3 Å². The minimum absolute atomic E-state index is 0.317. The van der Waals surface area contributed by atoms with Gasteiger partial charge in [-0.25, -0.2) is 4.79 Å². The quantitative estimate of drug-likeness (QED) is 0.688. The van der Waals surface area contributed by atoms with E-state index in [1.807, 2.05) is 6.07 Å². The van der Waals surface area contributed by atoms with Gasteiger partial charge in [0.25, 0.3) is 0 Å². The van der Waals surface area contributed by atoms with Gasteiger partial charge in [0, 0.05) is 0 Å². The molecule has 0 unspecified atom stereocenters. The SMILES string of the molecule is COC(=O)c1ccc(COc2ccc(C#N)cc2N)cc1. The fourth-order valence-corrected chi connectivity index (χ4v) is 1.77. The lowest BCUT2D eigenvalue weighted by Crippen LogP contribution is -2.02. The number of rotatable bonds is 4. The third-order valence-electron chi connectivity index (χ3n) is 2.91. The summed E-state index contributed by atoms with van der Waals surface area (Å²) in [7, 11) is 1.34. The van der Waals surface area contributed by atoms with Crippen LogP contribution < -0.4 is 10.5 Å². The summed E-state index contributed by atoms with van der Waals surface area (Å²) in [6.45, 7) is 0.317. The Kier molecular flexibility index (Phi) is 4.42. The van der Waals surface area contributed by atoms with Crippen molar-refractivity contribution in [1.82, 2.24) is 0 Å². The Balaban J connectivity index is 2.03. The molecule has 0 amide bonds. The predicted octanol–water partition coefficient (Wildman–Crippen LogP) is 2.51. The maximum Gasteiger partial charge on any atom is 0.337 e. The average Bonchev–Trinajstić information content (AvgIpc) is 2.53. The molecule has 0 aliphatic carbocycles. The molecule has 2 rings (SSSR count). The number of hydrogen-bond donors (Lipinski definition) is 1. The summed E-state index contributed by atoms with van der Waals surface area (Å²) in [6.07, 6.45) is 0. The molecular weight excluding hydrogens is 268 g/mol. The predicted molar refractivity (Wildman–Crippen MR) is 77.7 cm³/mol. The van der Waals surface area contributed by atoms with E-state index in [4.69, 9.17) is 15.7 Å². The van der Waals surface area contributed by atoms with Crippen LogP contribution in [-0.4, -0.2) is 13.1 Å². The van der Waals surface area contributed by atoms with Crippen molar-refractivity contribution in [3.63, 3.8) is 0 Å². The van der Waals surface area contributed by atoms with Crippen LogP contribution >= 0.6 is 0 Å². The van der Waals surface area contributed by atoms with Gasteiger partial charge in [-0.1, -0.05) is 12.1 Å². The monoisotopic (exact) mass is 282 g/mol. The summed E-state index contributed by atoms with van der Waals surface area (Å²) < 4.78 is 10.2. The molecule has 5 nitrogen and oxygen atoms in total. The molecule has 0 bridgehead atoms. The molecule has 2 N–H and O–H groups in total. The summed E-state index contributed by atoms with van der Waals surface area (Å²) in [6, 6.07) is 13.8. The van der Waals surface area contributed by atoms with Crippen molar-refractivity contribution in [2.45, 2.75) is 6.61 Å². The molecule has 0 heterocycles. The van der Waals surface area contributed by atoms with Gasteiger partial charge in [0.15, 0.2) is 0 Å². The molecule has 0 saturated heterocycles. The molecule has 0 spiro atoms. The van der Waals surface area contributed by atoms with Crippen molar-refractivity contribution in [1.29, 1.82) is 5.26 Å². The maximum atomic E-state index is 11.3. The lowest BCUT2D eigenvalue weighted by atomic mass is 10.1. The molecule has 0 radical (unpaired) electrons. The van der Waals surface area contributed by atoms with Crippen LogP contribution in [0.4, 0.5) is 5.69 Å². The molecule has 21 heavy (non-hydrogen) atoms. The fraction of sp³-hybridized carbons (Fsp3) is 0.125. The molecule has 5 heteroatoms. The number of methoxy groups -OCH3 is 1. The molecule has 2 aromatic carbocycles. The molecule has 106 valence electrons. The van der Waals surface area contributed by atoms with E-state index in [1.165, 1.54) is 7.11 Å². The number of ether oxygens (including phenoxy) is 2. The van der Waals surface area contributed by atoms with Crippen LogP contribution in [0.2, 0.25) is 0 Å². The highest BCUT2D eigenvalue weighted by Gasteiger charge is 2.06. The highest BCUT2D eigenvalue weighted by molar-refractivity contribution is 5.89. The number of nitrogens with two attached hydrogens (primary N) is 1. The first kappa shape index (κ1) is 14.4. The summed E-state index contributed by atoms with van der Waals surface area (Å²) >= 11 is 0. The average molecular weight is 282 g/mol. The number of carbonyl (C=O) groups is 1. The van der Waals surface area contributed by atoms with Crippen LogP contribution in [0.3, 0.4) is 0 Å². The lowest BCUT2D eigenvalue weighted by molar-refractivity contribution is 0.0600. The first-order chi connectivity index (χ1) is 10.1. The molecule has 0 aliphatic rings. The molecule has 0 aliphatic heterocycles. The molecule has 2 aromatic rings. The number of nitrogen functional groups attached to an aromatic ring is 1. The van der Waals surface area contributed by atoms with Crippen LogP contribution in [0.5, 0.6) is 5.75 Å². The third kappa shape index (κ3) is 3.51. The van der Waals surface area contributed by atoms with Crippen molar-refractivity contribution in [3.8, 4) is 11.8 Å². The van der Waals surface area contributed by atoms with Crippen molar-refractivity contribution in [2.75, 3.05) is 12.8 Å². The van der Waals surface area contributed by atoms with Gasteiger partial charge in [-0.3, -0.25) is 0 Å². The first-order valence-electron chi connectivity index (χ1n) is 6.23. The zero-order valence-corrected chi connectivity index (χ0v) is 11.5. The third-order valence-corrected chi connectivity index (χ3v) is 2.91. The van der Waals surface area contributed by atoms with Gasteiger partial charge >= 0.3 is 5.97 Å². The van der Waals surface area contributed by atoms with E-state index in [2.05, 4.69) is 4.74 Å². The number of hydrogen-bond acceptors (Lipinski definition) is 5. The van der Waals surface area contributed by atoms with E-state index in [9.17, 15) is 4.79 Å². The van der Waals surface area contributed by atoms with Gasteiger partial charge in [0.1, 0.15) is 12.4 Å². The Morgan fingerprint density at radius 3 is 2.52 bits per heavy atom. The summed E-state index contributed by atoms with van der Waals surface area (Å²) in [5.74, 6) is 0.143. The summed E-state index contributed by atoms with van der Waals surface area (Å²) in [5, 5.41) is 8.77. The Morgan fingerprint density at radius 1 is 1.24 bits per heavy atom. The van der Waals surface area contributed by atoms with E-state index >= 15 is 0 Å². The number of nitriles is 1. The second-order valence-electron chi connectivity index (χ2n) is 4.34. The largest absolute Gasteiger partial charge is 0.487 e. The van der Waals surface area contributed by atoms with Gasteiger partial charge in [-0.15, -0.1) is 0 Å². The van der Waals surface area contributed by atoms with Crippen molar-refractivity contribution >= 4 is 11.7 Å². The number of carbonyl (C=O) groups excluding carboxylic acids is 1. The van der Waals surface area contributed by atoms with Crippen molar-refractivity contribution in [3.05, 3.63) is 59.2 Å². The van der Waals surface area contributed by atoms with Gasteiger partial charge < -0.3 is 15.2 Å². The van der Waals surface area contributed by atoms with E-state index in [1.54, 1.807) is 42.5 Å². The number of benzene rings is 2. The minimum atomic E-state index is -0.376. The van der Waals surface area contributed by atoms with E-state index in [-0.39, 0.29) is 5.97 Å². The molecule has 0 atom stereocenters. The van der Waals surface area contributed by atoms with Gasteiger partial charge in [-0.2, -0.15) is 5.26 Å². The molecule has 0 fully saturated rings. The first-order valence-corrected chi connectivity index (χ1v) is 6.23. The fourth-order valence-electron chi connectivity index (χ4n) is 1.77. The van der Waals surface area contributed by atoms with Crippen molar-refractivity contribution in [2.24, 2.45) is 0 Å². The van der Waals surface area contributed by atoms with Gasteiger partial charge in [0.05, 0.1) is 30.0 Å². The highest BCUT2D eigenvalue weighted by Crippen LogP contribution is 2.23.